The lowest BCUT2D eigenvalue weighted by molar-refractivity contribution is 0.0909. The van der Waals surface area contributed by atoms with Crippen LogP contribution in [0, 0.1) is 5.92 Å². The minimum absolute atomic E-state index is 0.0935. The van der Waals surface area contributed by atoms with Crippen molar-refractivity contribution in [1.29, 1.82) is 0 Å². The summed E-state index contributed by atoms with van der Waals surface area (Å²) >= 11 is 3.11. The summed E-state index contributed by atoms with van der Waals surface area (Å²) in [5, 5.41) is 2.90. The van der Waals surface area contributed by atoms with Gasteiger partial charge in [0, 0.05) is 26.8 Å². The Kier molecular flexibility index (Phi) is 4.76. The van der Waals surface area contributed by atoms with E-state index in [1.807, 2.05) is 6.92 Å². The Morgan fingerprint density at radius 2 is 2.10 bits per heavy atom. The number of hydrogen-bond donors (Lipinski definition) is 1. The van der Waals surface area contributed by atoms with Crippen molar-refractivity contribution in [1.82, 2.24) is 5.32 Å². The molecule has 0 aromatic heterocycles. The third kappa shape index (κ3) is 3.54. The van der Waals surface area contributed by atoms with Gasteiger partial charge in [0.2, 0.25) is 0 Å². The number of rotatable bonds is 4. The van der Waals surface area contributed by atoms with Crippen molar-refractivity contribution in [2.24, 2.45) is 5.92 Å². The van der Waals surface area contributed by atoms with Gasteiger partial charge in [0.1, 0.15) is 0 Å². The van der Waals surface area contributed by atoms with E-state index in [9.17, 15) is 13.2 Å². The van der Waals surface area contributed by atoms with E-state index in [-0.39, 0.29) is 16.8 Å². The quantitative estimate of drug-likeness (QED) is 0.815. The standard InChI is InChI=1S/C13H15BrClNO3S/c1-8(9-3-2-4-9)16-13(17)10-5-6-11(14)12(7-10)20(15,18)19/h5-9H,2-4H2,1H3,(H,16,17). The van der Waals surface area contributed by atoms with Gasteiger partial charge in [-0.05, 0) is 59.8 Å². The first-order valence-electron chi connectivity index (χ1n) is 6.34. The molecule has 1 unspecified atom stereocenters. The van der Waals surface area contributed by atoms with E-state index in [4.69, 9.17) is 10.7 Å². The van der Waals surface area contributed by atoms with Gasteiger partial charge in [-0.2, -0.15) is 0 Å². The molecule has 1 N–H and O–H groups in total. The Hall–Kier alpha value is -0.590. The third-order valence-corrected chi connectivity index (χ3v) is 5.99. The zero-order chi connectivity index (χ0) is 14.9. The molecule has 1 amide bonds. The van der Waals surface area contributed by atoms with Crippen LogP contribution in [0.25, 0.3) is 0 Å². The molecule has 1 atom stereocenters. The molecule has 0 radical (unpaired) electrons. The SMILES string of the molecule is CC(NC(=O)c1ccc(Br)c(S(=O)(=O)Cl)c1)C1CCC1. The Balaban J connectivity index is 2.18. The lowest BCUT2D eigenvalue weighted by atomic mass is 9.80. The maximum atomic E-state index is 12.1. The van der Waals surface area contributed by atoms with Crippen molar-refractivity contribution in [3.8, 4) is 0 Å². The van der Waals surface area contributed by atoms with Crippen LogP contribution in [0.3, 0.4) is 0 Å². The highest BCUT2D eigenvalue weighted by atomic mass is 79.9. The van der Waals surface area contributed by atoms with Crippen LogP contribution >= 0.6 is 26.6 Å². The molecule has 7 heteroatoms. The van der Waals surface area contributed by atoms with Crippen molar-refractivity contribution in [2.75, 3.05) is 0 Å². The van der Waals surface area contributed by atoms with Crippen molar-refractivity contribution in [2.45, 2.75) is 37.1 Å². The second-order valence-corrected chi connectivity index (χ2v) is 8.42. The smallest absolute Gasteiger partial charge is 0.262 e. The largest absolute Gasteiger partial charge is 0.349 e. The van der Waals surface area contributed by atoms with Crippen LogP contribution in [0.1, 0.15) is 36.5 Å². The molecule has 2 rings (SSSR count). The normalized spacial score (nSPS) is 17.4. The zero-order valence-corrected chi connectivity index (χ0v) is 14.1. The van der Waals surface area contributed by atoms with Gasteiger partial charge in [0.15, 0.2) is 0 Å². The van der Waals surface area contributed by atoms with Gasteiger partial charge in [-0.25, -0.2) is 8.42 Å². The molecule has 1 aromatic rings. The number of carbonyl (C=O) groups is 1. The summed E-state index contributed by atoms with van der Waals surface area (Å²) in [6, 6.07) is 4.46. The lowest BCUT2D eigenvalue weighted by Crippen LogP contribution is -2.40. The van der Waals surface area contributed by atoms with Crippen LogP contribution in [-0.2, 0) is 9.05 Å². The predicted octanol–water partition coefficient (Wildman–Crippen LogP) is 3.30. The number of hydrogen-bond acceptors (Lipinski definition) is 3. The van der Waals surface area contributed by atoms with Gasteiger partial charge in [0.25, 0.3) is 15.0 Å². The number of halogens is 2. The number of carbonyl (C=O) groups excluding carboxylic acids is 1. The molecular formula is C13H15BrClNO3S. The minimum Gasteiger partial charge on any atom is -0.349 e. The highest BCUT2D eigenvalue weighted by molar-refractivity contribution is 9.10. The van der Waals surface area contributed by atoms with Gasteiger partial charge in [-0.3, -0.25) is 4.79 Å². The fraction of sp³-hybridized carbons (Fsp3) is 0.462. The van der Waals surface area contributed by atoms with Crippen molar-refractivity contribution in [3.05, 3.63) is 28.2 Å². The number of benzene rings is 1. The fourth-order valence-electron chi connectivity index (χ4n) is 2.18. The Morgan fingerprint density at radius 3 is 2.60 bits per heavy atom. The Bertz CT molecular complexity index is 629. The van der Waals surface area contributed by atoms with Crippen LogP contribution in [0.5, 0.6) is 0 Å². The fourth-order valence-corrected chi connectivity index (χ4v) is 4.30. The molecule has 4 nitrogen and oxygen atoms in total. The van der Waals surface area contributed by atoms with Crippen LogP contribution in [0.15, 0.2) is 27.6 Å². The van der Waals surface area contributed by atoms with E-state index >= 15 is 0 Å². The second-order valence-electron chi connectivity index (χ2n) is 5.04. The predicted molar refractivity (Wildman–Crippen MR) is 81.5 cm³/mol. The summed E-state index contributed by atoms with van der Waals surface area (Å²) in [5.74, 6) is 0.240. The molecule has 0 bridgehead atoms. The average molecular weight is 381 g/mol. The maximum absolute atomic E-state index is 12.1. The topological polar surface area (TPSA) is 63.2 Å². The molecule has 0 heterocycles. The summed E-state index contributed by atoms with van der Waals surface area (Å²) < 4.78 is 23.2. The van der Waals surface area contributed by atoms with Gasteiger partial charge < -0.3 is 5.32 Å². The lowest BCUT2D eigenvalue weighted by Gasteiger charge is -2.31. The number of nitrogens with one attached hydrogen (secondary N) is 1. The summed E-state index contributed by atoms with van der Waals surface area (Å²) in [6.45, 7) is 1.97. The number of amides is 1. The van der Waals surface area contributed by atoms with Crippen molar-refractivity contribution < 1.29 is 13.2 Å². The van der Waals surface area contributed by atoms with Gasteiger partial charge >= 0.3 is 0 Å². The van der Waals surface area contributed by atoms with Gasteiger partial charge in [0.05, 0.1) is 4.90 Å². The van der Waals surface area contributed by atoms with Gasteiger partial charge in [-0.15, -0.1) is 0 Å². The van der Waals surface area contributed by atoms with Crippen molar-refractivity contribution >= 4 is 41.6 Å². The monoisotopic (exact) mass is 379 g/mol. The van der Waals surface area contributed by atoms with Crippen LogP contribution in [0.4, 0.5) is 0 Å². The molecule has 1 aromatic carbocycles. The van der Waals surface area contributed by atoms with Crippen LogP contribution in [-0.4, -0.2) is 20.4 Å². The average Bonchev–Trinajstić information content (AvgIpc) is 2.25. The van der Waals surface area contributed by atoms with Gasteiger partial charge in [-0.1, -0.05) is 6.42 Å². The second kappa shape index (κ2) is 6.03. The first-order valence-corrected chi connectivity index (χ1v) is 9.44. The highest BCUT2D eigenvalue weighted by Crippen LogP contribution is 2.30. The summed E-state index contributed by atoms with van der Waals surface area (Å²) in [4.78, 5) is 12.0. The molecule has 0 spiro atoms. The zero-order valence-electron chi connectivity index (χ0n) is 10.9. The van der Waals surface area contributed by atoms with E-state index in [2.05, 4.69) is 21.2 Å². The first kappa shape index (κ1) is 15.8. The molecule has 1 aliphatic rings. The van der Waals surface area contributed by atoms with Crippen LogP contribution < -0.4 is 5.32 Å². The molecule has 1 fully saturated rings. The molecule has 0 aliphatic heterocycles. The molecule has 1 saturated carbocycles. The van der Waals surface area contributed by atoms with Crippen molar-refractivity contribution in [3.63, 3.8) is 0 Å². The summed E-state index contributed by atoms with van der Waals surface area (Å²) in [6.07, 6.45) is 3.46. The maximum Gasteiger partial charge on any atom is 0.262 e. The van der Waals surface area contributed by atoms with E-state index in [1.54, 1.807) is 6.07 Å². The van der Waals surface area contributed by atoms with E-state index < -0.39 is 9.05 Å². The highest BCUT2D eigenvalue weighted by Gasteiger charge is 2.25. The molecule has 110 valence electrons. The first-order chi connectivity index (χ1) is 9.29. The minimum atomic E-state index is -3.88. The Morgan fingerprint density at radius 1 is 1.45 bits per heavy atom. The van der Waals surface area contributed by atoms with E-state index in [1.165, 1.54) is 18.6 Å². The Labute approximate surface area is 131 Å². The third-order valence-electron chi connectivity index (χ3n) is 3.67. The van der Waals surface area contributed by atoms with E-state index in [0.29, 0.717) is 16.0 Å². The molecule has 20 heavy (non-hydrogen) atoms. The summed E-state index contributed by atoms with van der Waals surface area (Å²) in [7, 11) is 1.46. The molecular weight excluding hydrogens is 366 g/mol. The molecule has 1 aliphatic carbocycles. The summed E-state index contributed by atoms with van der Waals surface area (Å²) in [5.41, 5.74) is 0.290. The van der Waals surface area contributed by atoms with E-state index in [0.717, 1.165) is 12.8 Å². The van der Waals surface area contributed by atoms with Crippen LogP contribution in [0.2, 0.25) is 0 Å². The molecule has 0 saturated heterocycles.